The molecule has 146 valence electrons. The van der Waals surface area contributed by atoms with Crippen molar-refractivity contribution in [2.45, 2.75) is 11.8 Å². The van der Waals surface area contributed by atoms with Gasteiger partial charge < -0.3 is 4.90 Å². The Kier molecular flexibility index (Phi) is 6.37. The summed E-state index contributed by atoms with van der Waals surface area (Å²) in [5, 5.41) is 0.723. The fourth-order valence-electron chi connectivity index (χ4n) is 3.21. The molecule has 0 aromatic heterocycles. The summed E-state index contributed by atoms with van der Waals surface area (Å²) in [6.07, 6.45) is 0. The molecular formula is C19H23ClFN3O2S. The lowest BCUT2D eigenvalue weighted by atomic mass is 10.2. The minimum Gasteiger partial charge on any atom is -0.369 e. The molecule has 1 aliphatic heterocycles. The van der Waals surface area contributed by atoms with Crippen LogP contribution < -0.4 is 9.62 Å². The highest BCUT2D eigenvalue weighted by Gasteiger charge is 2.19. The Hall–Kier alpha value is -1.67. The van der Waals surface area contributed by atoms with Crippen LogP contribution in [0.4, 0.5) is 10.1 Å². The molecular weight excluding hydrogens is 389 g/mol. The molecule has 5 nitrogen and oxygen atoms in total. The van der Waals surface area contributed by atoms with Crippen LogP contribution in [-0.2, 0) is 10.0 Å². The van der Waals surface area contributed by atoms with E-state index < -0.39 is 15.8 Å². The summed E-state index contributed by atoms with van der Waals surface area (Å²) in [6.45, 7) is 6.03. The van der Waals surface area contributed by atoms with Gasteiger partial charge in [-0.2, -0.15) is 0 Å². The highest BCUT2D eigenvalue weighted by Crippen LogP contribution is 2.19. The van der Waals surface area contributed by atoms with E-state index in [9.17, 15) is 12.8 Å². The van der Waals surface area contributed by atoms with Crippen molar-refractivity contribution in [2.24, 2.45) is 0 Å². The van der Waals surface area contributed by atoms with Crippen molar-refractivity contribution in [3.05, 3.63) is 58.9 Å². The predicted octanol–water partition coefficient (Wildman–Crippen LogP) is 2.89. The van der Waals surface area contributed by atoms with Gasteiger partial charge in [0.1, 0.15) is 5.82 Å². The molecule has 0 radical (unpaired) electrons. The van der Waals surface area contributed by atoms with Gasteiger partial charge in [0.2, 0.25) is 10.0 Å². The molecule has 0 bridgehead atoms. The van der Waals surface area contributed by atoms with Gasteiger partial charge in [-0.15, -0.1) is 0 Å². The van der Waals surface area contributed by atoms with Crippen molar-refractivity contribution in [1.82, 2.24) is 9.62 Å². The number of aryl methyl sites for hydroxylation is 1. The number of nitrogens with one attached hydrogen (secondary N) is 1. The van der Waals surface area contributed by atoms with Crippen LogP contribution in [0.3, 0.4) is 0 Å². The van der Waals surface area contributed by atoms with E-state index in [0.717, 1.165) is 43.0 Å². The molecule has 1 aliphatic rings. The van der Waals surface area contributed by atoms with Crippen LogP contribution in [-0.4, -0.2) is 52.6 Å². The number of anilines is 1. The third kappa shape index (κ3) is 5.19. The average molecular weight is 412 g/mol. The third-order valence-corrected chi connectivity index (χ3v) is 6.58. The van der Waals surface area contributed by atoms with Crippen LogP contribution in [0.2, 0.25) is 5.02 Å². The first-order chi connectivity index (χ1) is 12.8. The van der Waals surface area contributed by atoms with Gasteiger partial charge in [0, 0.05) is 50.0 Å². The molecule has 0 amide bonds. The molecule has 0 unspecified atom stereocenters. The molecule has 1 N–H and O–H groups in total. The Bertz CT molecular complexity index is 882. The lowest BCUT2D eigenvalue weighted by Gasteiger charge is -2.36. The van der Waals surface area contributed by atoms with Crippen molar-refractivity contribution in [3.8, 4) is 0 Å². The van der Waals surface area contributed by atoms with E-state index in [4.69, 9.17) is 11.6 Å². The Labute approximate surface area is 164 Å². The van der Waals surface area contributed by atoms with E-state index in [0.29, 0.717) is 18.7 Å². The smallest absolute Gasteiger partial charge is 0.240 e. The van der Waals surface area contributed by atoms with Crippen molar-refractivity contribution in [1.29, 1.82) is 0 Å². The molecule has 1 heterocycles. The molecule has 0 saturated carbocycles. The molecule has 27 heavy (non-hydrogen) atoms. The van der Waals surface area contributed by atoms with Crippen molar-refractivity contribution in [3.63, 3.8) is 0 Å². The summed E-state index contributed by atoms with van der Waals surface area (Å²) in [7, 11) is -3.63. The number of benzene rings is 2. The number of rotatable bonds is 6. The van der Waals surface area contributed by atoms with Crippen LogP contribution in [0.15, 0.2) is 47.4 Å². The van der Waals surface area contributed by atoms with E-state index in [1.54, 1.807) is 6.92 Å². The average Bonchev–Trinajstić information content (AvgIpc) is 2.62. The maximum atomic E-state index is 13.2. The Morgan fingerprint density at radius 1 is 1.07 bits per heavy atom. The monoisotopic (exact) mass is 411 g/mol. The van der Waals surface area contributed by atoms with Crippen molar-refractivity contribution in [2.75, 3.05) is 44.2 Å². The van der Waals surface area contributed by atoms with Crippen LogP contribution in [0, 0.1) is 12.7 Å². The molecule has 1 saturated heterocycles. The lowest BCUT2D eigenvalue weighted by Crippen LogP contribution is -2.48. The second-order valence-electron chi connectivity index (χ2n) is 6.61. The van der Waals surface area contributed by atoms with Gasteiger partial charge in [-0.1, -0.05) is 11.6 Å². The summed E-state index contributed by atoms with van der Waals surface area (Å²) in [4.78, 5) is 4.64. The maximum absolute atomic E-state index is 13.2. The fraction of sp³-hybridized carbons (Fsp3) is 0.368. The van der Waals surface area contributed by atoms with Crippen molar-refractivity contribution >= 4 is 27.3 Å². The predicted molar refractivity (Wildman–Crippen MR) is 106 cm³/mol. The first-order valence-corrected chi connectivity index (χ1v) is 10.7. The van der Waals surface area contributed by atoms with Gasteiger partial charge in [-0.25, -0.2) is 17.5 Å². The summed E-state index contributed by atoms with van der Waals surface area (Å²) in [6, 6.07) is 11.5. The van der Waals surface area contributed by atoms with Gasteiger partial charge in [-0.3, -0.25) is 4.90 Å². The molecule has 0 aliphatic carbocycles. The zero-order chi connectivity index (χ0) is 19.4. The summed E-state index contributed by atoms with van der Waals surface area (Å²) in [5.41, 5.74) is 1.55. The molecule has 8 heteroatoms. The lowest BCUT2D eigenvalue weighted by molar-refractivity contribution is 0.262. The summed E-state index contributed by atoms with van der Waals surface area (Å²) >= 11 is 5.93. The van der Waals surface area contributed by atoms with E-state index in [1.807, 2.05) is 24.3 Å². The minimum absolute atomic E-state index is 0.122. The highest BCUT2D eigenvalue weighted by atomic mass is 35.5. The quantitative estimate of drug-likeness (QED) is 0.794. The van der Waals surface area contributed by atoms with E-state index in [-0.39, 0.29) is 4.90 Å². The molecule has 0 spiro atoms. The van der Waals surface area contributed by atoms with Gasteiger partial charge in [0.15, 0.2) is 0 Å². The maximum Gasteiger partial charge on any atom is 0.240 e. The number of piperazine rings is 1. The van der Waals surface area contributed by atoms with E-state index >= 15 is 0 Å². The number of nitrogens with zero attached hydrogens (tertiary/aromatic N) is 2. The van der Waals surface area contributed by atoms with Crippen LogP contribution in [0.1, 0.15) is 5.56 Å². The molecule has 1 fully saturated rings. The number of halogens is 2. The second kappa shape index (κ2) is 8.56. The van der Waals surface area contributed by atoms with Crippen LogP contribution in [0.5, 0.6) is 0 Å². The van der Waals surface area contributed by atoms with Crippen molar-refractivity contribution < 1.29 is 12.8 Å². The Morgan fingerprint density at radius 2 is 1.74 bits per heavy atom. The molecule has 2 aromatic rings. The minimum atomic E-state index is -3.63. The third-order valence-electron chi connectivity index (χ3n) is 4.71. The number of sulfonamides is 1. The fourth-order valence-corrected chi connectivity index (χ4v) is 4.58. The number of hydrogen-bond acceptors (Lipinski definition) is 4. The molecule has 3 rings (SSSR count). The first-order valence-electron chi connectivity index (χ1n) is 8.84. The van der Waals surface area contributed by atoms with Gasteiger partial charge in [0.05, 0.1) is 4.90 Å². The molecule has 0 atom stereocenters. The number of hydrogen-bond donors (Lipinski definition) is 1. The highest BCUT2D eigenvalue weighted by molar-refractivity contribution is 7.89. The Morgan fingerprint density at radius 3 is 2.37 bits per heavy atom. The van der Waals surface area contributed by atoms with E-state index in [1.165, 1.54) is 12.1 Å². The standard InChI is InChI=1S/C19H23ClFN3O2S/c1-15-14-17(21)4-7-19(15)27(25,26)22-8-9-23-10-12-24(13-11-23)18-5-2-16(20)3-6-18/h2-7,14,22H,8-13H2,1H3. The molecule has 2 aromatic carbocycles. The first kappa shape index (κ1) is 20.1. The normalized spacial score (nSPS) is 15.9. The topological polar surface area (TPSA) is 52.7 Å². The Balaban J connectivity index is 1.48. The zero-order valence-corrected chi connectivity index (χ0v) is 16.7. The van der Waals surface area contributed by atoms with Gasteiger partial charge >= 0.3 is 0 Å². The second-order valence-corrected chi connectivity index (χ2v) is 8.78. The van der Waals surface area contributed by atoms with Crippen LogP contribution in [0.25, 0.3) is 0 Å². The summed E-state index contributed by atoms with van der Waals surface area (Å²) in [5.74, 6) is -0.440. The van der Waals surface area contributed by atoms with Crippen LogP contribution >= 0.6 is 11.6 Å². The zero-order valence-electron chi connectivity index (χ0n) is 15.2. The van der Waals surface area contributed by atoms with Gasteiger partial charge in [0.25, 0.3) is 0 Å². The largest absolute Gasteiger partial charge is 0.369 e. The SMILES string of the molecule is Cc1cc(F)ccc1S(=O)(=O)NCCN1CCN(c2ccc(Cl)cc2)CC1. The van der Waals surface area contributed by atoms with E-state index in [2.05, 4.69) is 14.5 Å². The van der Waals surface area contributed by atoms with Gasteiger partial charge in [-0.05, 0) is 55.0 Å². The summed E-state index contributed by atoms with van der Waals surface area (Å²) < 4.78 is 40.6.